The Morgan fingerprint density at radius 2 is 1.58 bits per heavy atom. The zero-order chi connectivity index (χ0) is 30.3. The molecular formula is C35H33ClN4O3. The van der Waals surface area contributed by atoms with Gasteiger partial charge in [-0.25, -0.2) is 4.98 Å². The Labute approximate surface area is 256 Å². The van der Waals surface area contributed by atoms with E-state index in [0.717, 1.165) is 22.6 Å². The molecule has 2 amide bonds. The summed E-state index contributed by atoms with van der Waals surface area (Å²) in [5.74, 6) is 0.747. The van der Waals surface area contributed by atoms with Gasteiger partial charge in [0, 0.05) is 24.0 Å². The molecule has 0 bridgehead atoms. The fourth-order valence-corrected chi connectivity index (χ4v) is 4.95. The predicted molar refractivity (Wildman–Crippen MR) is 171 cm³/mol. The third kappa shape index (κ3) is 7.13. The number of anilines is 1. The first-order valence-electron chi connectivity index (χ1n) is 14.0. The van der Waals surface area contributed by atoms with Crippen molar-refractivity contribution >= 4 is 29.4 Å². The van der Waals surface area contributed by atoms with E-state index in [1.165, 1.54) is 10.5 Å². The molecule has 5 aromatic rings. The van der Waals surface area contributed by atoms with Crippen LogP contribution in [0.5, 0.6) is 5.75 Å². The van der Waals surface area contributed by atoms with Gasteiger partial charge in [-0.1, -0.05) is 80.0 Å². The number of carbonyl (C=O) groups excluding carboxylic acids is 2. The summed E-state index contributed by atoms with van der Waals surface area (Å²) < 4.78 is 7.15. The number of amides is 2. The Morgan fingerprint density at radius 3 is 2.23 bits per heavy atom. The van der Waals surface area contributed by atoms with E-state index in [4.69, 9.17) is 21.3 Å². The molecule has 0 aliphatic rings. The lowest BCUT2D eigenvalue weighted by Gasteiger charge is -2.23. The van der Waals surface area contributed by atoms with E-state index in [1.807, 2.05) is 77.5 Å². The number of nitrogens with zero attached hydrogens (tertiary/aromatic N) is 3. The quantitative estimate of drug-likeness (QED) is 0.181. The largest absolute Gasteiger partial charge is 0.497 e. The van der Waals surface area contributed by atoms with Gasteiger partial charge in [-0.3, -0.25) is 19.5 Å². The lowest BCUT2D eigenvalue weighted by Crippen LogP contribution is -2.38. The maximum Gasteiger partial charge on any atom is 0.256 e. The predicted octanol–water partition coefficient (Wildman–Crippen LogP) is 7.61. The fraction of sp³-hybridized carbons (Fsp3) is 0.171. The maximum atomic E-state index is 13.6. The SMILES string of the molecule is COc1ccc(-c2cn(-c3ccc(C(C)C)cc3)c(NC(=O)CN(Cc3ccccc3)C(=O)c3ccccc3Cl)n2)cc1. The molecule has 0 saturated carbocycles. The first-order chi connectivity index (χ1) is 20.8. The normalized spacial score (nSPS) is 10.9. The van der Waals surface area contributed by atoms with Gasteiger partial charge >= 0.3 is 0 Å². The van der Waals surface area contributed by atoms with Crippen LogP contribution in [0.25, 0.3) is 16.9 Å². The Hall–Kier alpha value is -4.88. The third-order valence-corrected chi connectivity index (χ3v) is 7.45. The highest BCUT2D eigenvalue weighted by atomic mass is 35.5. The minimum atomic E-state index is -0.386. The zero-order valence-corrected chi connectivity index (χ0v) is 25.1. The molecule has 5 rings (SSSR count). The van der Waals surface area contributed by atoms with Gasteiger partial charge in [-0.05, 0) is 65.6 Å². The van der Waals surface area contributed by atoms with Crippen LogP contribution in [0.1, 0.15) is 41.3 Å². The van der Waals surface area contributed by atoms with Crippen molar-refractivity contribution < 1.29 is 14.3 Å². The van der Waals surface area contributed by atoms with Crippen molar-refractivity contribution in [3.63, 3.8) is 0 Å². The number of methoxy groups -OCH3 is 1. The summed E-state index contributed by atoms with van der Waals surface area (Å²) in [5.41, 5.74) is 4.83. The molecule has 0 radical (unpaired) electrons. The first-order valence-corrected chi connectivity index (χ1v) is 14.4. The Kier molecular flexibility index (Phi) is 9.23. The number of benzene rings is 4. The Balaban J connectivity index is 1.46. The lowest BCUT2D eigenvalue weighted by atomic mass is 10.0. The smallest absolute Gasteiger partial charge is 0.256 e. The van der Waals surface area contributed by atoms with E-state index in [-0.39, 0.29) is 24.9 Å². The van der Waals surface area contributed by atoms with Crippen LogP contribution < -0.4 is 10.1 Å². The van der Waals surface area contributed by atoms with E-state index in [9.17, 15) is 9.59 Å². The molecule has 0 saturated heterocycles. The summed E-state index contributed by atoms with van der Waals surface area (Å²) >= 11 is 6.36. The van der Waals surface area contributed by atoms with Crippen LogP contribution >= 0.6 is 11.6 Å². The van der Waals surface area contributed by atoms with Crippen LogP contribution in [-0.4, -0.2) is 39.9 Å². The highest BCUT2D eigenvalue weighted by Gasteiger charge is 2.23. The van der Waals surface area contributed by atoms with Crippen molar-refractivity contribution in [1.29, 1.82) is 0 Å². The van der Waals surface area contributed by atoms with Gasteiger partial charge in [0.05, 0.1) is 23.4 Å². The highest BCUT2D eigenvalue weighted by Crippen LogP contribution is 2.27. The molecule has 0 unspecified atom stereocenters. The summed E-state index contributed by atoms with van der Waals surface area (Å²) in [6.45, 7) is 4.33. The van der Waals surface area contributed by atoms with Crippen LogP contribution in [0.4, 0.5) is 5.95 Å². The van der Waals surface area contributed by atoms with E-state index < -0.39 is 0 Å². The molecule has 4 aromatic carbocycles. The van der Waals surface area contributed by atoms with Gasteiger partial charge < -0.3 is 9.64 Å². The Bertz CT molecular complexity index is 1700. The maximum absolute atomic E-state index is 13.6. The number of ether oxygens (including phenoxy) is 1. The van der Waals surface area contributed by atoms with Crippen LogP contribution in [-0.2, 0) is 11.3 Å². The van der Waals surface area contributed by atoms with E-state index in [1.54, 1.807) is 31.4 Å². The summed E-state index contributed by atoms with van der Waals surface area (Å²) in [4.78, 5) is 33.5. The second-order valence-electron chi connectivity index (χ2n) is 10.5. The number of aromatic nitrogens is 2. The summed E-state index contributed by atoms with van der Waals surface area (Å²) in [7, 11) is 1.62. The van der Waals surface area contributed by atoms with Crippen molar-refractivity contribution in [3.05, 3.63) is 131 Å². The van der Waals surface area contributed by atoms with Crippen molar-refractivity contribution in [2.75, 3.05) is 19.0 Å². The molecule has 7 nitrogen and oxygen atoms in total. The second kappa shape index (κ2) is 13.4. The fourth-order valence-electron chi connectivity index (χ4n) is 4.73. The van der Waals surface area contributed by atoms with Crippen molar-refractivity contribution in [2.45, 2.75) is 26.3 Å². The van der Waals surface area contributed by atoms with Gasteiger partial charge in [-0.15, -0.1) is 0 Å². The van der Waals surface area contributed by atoms with Crippen LogP contribution in [0, 0.1) is 0 Å². The molecule has 1 aromatic heterocycles. The molecule has 8 heteroatoms. The average Bonchev–Trinajstić information content (AvgIpc) is 3.44. The molecule has 0 fully saturated rings. The number of rotatable bonds is 10. The highest BCUT2D eigenvalue weighted by molar-refractivity contribution is 6.33. The molecule has 0 aliphatic heterocycles. The minimum absolute atomic E-state index is 0.198. The van der Waals surface area contributed by atoms with E-state index in [0.29, 0.717) is 28.1 Å². The third-order valence-electron chi connectivity index (χ3n) is 7.12. The summed E-state index contributed by atoms with van der Waals surface area (Å²) in [5, 5.41) is 3.29. The molecule has 0 aliphatic carbocycles. The number of hydrogen-bond acceptors (Lipinski definition) is 4. The molecule has 218 valence electrons. The lowest BCUT2D eigenvalue weighted by molar-refractivity contribution is -0.117. The van der Waals surface area contributed by atoms with Crippen LogP contribution in [0.3, 0.4) is 0 Å². The average molecular weight is 593 g/mol. The van der Waals surface area contributed by atoms with E-state index >= 15 is 0 Å². The number of nitrogens with one attached hydrogen (secondary N) is 1. The van der Waals surface area contributed by atoms with Crippen molar-refractivity contribution in [2.24, 2.45) is 0 Å². The number of imidazole rings is 1. The minimum Gasteiger partial charge on any atom is -0.497 e. The standard InChI is InChI=1S/C35H33ClN4O3/c1-24(2)26-13-17-28(18-14-26)40-22-32(27-15-19-29(43-3)20-16-27)37-35(40)38-33(41)23-39(21-25-9-5-4-6-10-25)34(42)30-11-7-8-12-31(30)36/h4-20,22,24H,21,23H2,1-3H3,(H,37,38,41). The van der Waals surface area contributed by atoms with Gasteiger partial charge in [0.2, 0.25) is 11.9 Å². The van der Waals surface area contributed by atoms with Gasteiger partial charge in [-0.2, -0.15) is 0 Å². The van der Waals surface area contributed by atoms with E-state index in [2.05, 4.69) is 31.3 Å². The Morgan fingerprint density at radius 1 is 0.907 bits per heavy atom. The van der Waals surface area contributed by atoms with Gasteiger partial charge in [0.15, 0.2) is 0 Å². The topological polar surface area (TPSA) is 76.5 Å². The zero-order valence-electron chi connectivity index (χ0n) is 24.3. The monoisotopic (exact) mass is 592 g/mol. The first kappa shape index (κ1) is 29.6. The molecule has 43 heavy (non-hydrogen) atoms. The number of hydrogen-bond donors (Lipinski definition) is 1. The molecule has 0 spiro atoms. The van der Waals surface area contributed by atoms with Crippen molar-refractivity contribution in [1.82, 2.24) is 14.5 Å². The summed E-state index contributed by atoms with van der Waals surface area (Å²) in [6.07, 6.45) is 1.89. The van der Waals surface area contributed by atoms with Gasteiger partial charge in [0.25, 0.3) is 5.91 Å². The summed E-state index contributed by atoms with van der Waals surface area (Å²) in [6, 6.07) is 32.1. The van der Waals surface area contributed by atoms with Crippen molar-refractivity contribution in [3.8, 4) is 22.7 Å². The van der Waals surface area contributed by atoms with Gasteiger partial charge in [0.1, 0.15) is 12.3 Å². The van der Waals surface area contributed by atoms with Crippen LogP contribution in [0.2, 0.25) is 5.02 Å². The number of halogens is 1. The van der Waals surface area contributed by atoms with Crippen LogP contribution in [0.15, 0.2) is 109 Å². The molecule has 1 N–H and O–H groups in total. The molecular weight excluding hydrogens is 560 g/mol. The molecule has 0 atom stereocenters. The second-order valence-corrected chi connectivity index (χ2v) is 10.9. The number of carbonyl (C=O) groups is 2. The molecule has 1 heterocycles.